The van der Waals surface area contributed by atoms with Gasteiger partial charge in [-0.15, -0.1) is 0 Å². The van der Waals surface area contributed by atoms with E-state index in [1.165, 1.54) is 37.3 Å². The molecule has 0 bridgehead atoms. The van der Waals surface area contributed by atoms with E-state index in [0.717, 1.165) is 17.2 Å². The van der Waals surface area contributed by atoms with E-state index in [0.29, 0.717) is 5.69 Å². The largest absolute Gasteiger partial charge is 0.321 e. The van der Waals surface area contributed by atoms with Gasteiger partial charge in [0.2, 0.25) is 0 Å². The quantitative estimate of drug-likeness (QED) is 0.375. The Hall–Kier alpha value is -3.43. The number of carbonyl (C=O) groups excluding carboxylic acids is 1. The van der Waals surface area contributed by atoms with E-state index >= 15 is 0 Å². The third-order valence-electron chi connectivity index (χ3n) is 4.71. The molecule has 0 aliphatic rings. The van der Waals surface area contributed by atoms with E-state index in [2.05, 4.69) is 10.0 Å². The Balaban J connectivity index is 1.92. The average Bonchev–Trinajstić information content (AvgIpc) is 2.68. The van der Waals surface area contributed by atoms with Gasteiger partial charge in [0.1, 0.15) is 4.90 Å². The van der Waals surface area contributed by atoms with Gasteiger partial charge in [0, 0.05) is 17.3 Å². The van der Waals surface area contributed by atoms with Crippen molar-refractivity contribution in [3.8, 4) is 0 Å². The highest BCUT2D eigenvalue weighted by Gasteiger charge is 2.22. The lowest BCUT2D eigenvalue weighted by Gasteiger charge is -2.13. The lowest BCUT2D eigenvalue weighted by atomic mass is 10.1. The molecule has 2 N–H and O–H groups in total. The van der Waals surface area contributed by atoms with Crippen molar-refractivity contribution >= 4 is 44.6 Å². The van der Waals surface area contributed by atoms with E-state index in [1.54, 1.807) is 12.1 Å². The summed E-state index contributed by atoms with van der Waals surface area (Å²) >= 11 is 6.13. The molecule has 3 aromatic carbocycles. The van der Waals surface area contributed by atoms with E-state index in [4.69, 9.17) is 11.6 Å². The Morgan fingerprint density at radius 1 is 1.00 bits per heavy atom. The van der Waals surface area contributed by atoms with Gasteiger partial charge in [-0.05, 0) is 68.3 Å². The van der Waals surface area contributed by atoms with E-state index in [1.807, 2.05) is 19.9 Å². The minimum absolute atomic E-state index is 0.0288. The Bertz CT molecular complexity index is 1320. The summed E-state index contributed by atoms with van der Waals surface area (Å²) in [5.41, 5.74) is 2.56. The first-order chi connectivity index (χ1) is 15.0. The standard InChI is InChI=1S/C22H20ClN3O5S/c1-13-9-14(2)11-17(10-13)25-32(30,31)21-12-16(7-8-18(21)23)22(27)24-19-5-4-6-20(15(19)3)26(28)29/h4-12,25H,1-3H3,(H,24,27). The van der Waals surface area contributed by atoms with Gasteiger partial charge >= 0.3 is 0 Å². The maximum Gasteiger partial charge on any atom is 0.274 e. The summed E-state index contributed by atoms with van der Waals surface area (Å²) in [6.45, 7) is 5.20. The van der Waals surface area contributed by atoms with Crippen molar-refractivity contribution in [1.82, 2.24) is 0 Å². The molecule has 0 aliphatic carbocycles. The molecule has 0 spiro atoms. The minimum Gasteiger partial charge on any atom is -0.321 e. The Morgan fingerprint density at radius 3 is 2.28 bits per heavy atom. The molecule has 8 nitrogen and oxygen atoms in total. The lowest BCUT2D eigenvalue weighted by Crippen LogP contribution is -2.17. The number of anilines is 2. The predicted octanol–water partition coefficient (Wildman–Crippen LogP) is 5.23. The summed E-state index contributed by atoms with van der Waals surface area (Å²) in [6.07, 6.45) is 0. The van der Waals surface area contributed by atoms with Gasteiger partial charge in [-0.1, -0.05) is 23.7 Å². The molecular formula is C22H20ClN3O5S. The zero-order valence-corrected chi connectivity index (χ0v) is 19.0. The lowest BCUT2D eigenvalue weighted by molar-refractivity contribution is -0.385. The number of aryl methyl sites for hydroxylation is 2. The summed E-state index contributed by atoms with van der Waals surface area (Å²) in [4.78, 5) is 23.1. The summed E-state index contributed by atoms with van der Waals surface area (Å²) in [7, 11) is -4.08. The van der Waals surface area contributed by atoms with Crippen LogP contribution in [0.2, 0.25) is 5.02 Å². The van der Waals surface area contributed by atoms with E-state index in [9.17, 15) is 23.3 Å². The fourth-order valence-electron chi connectivity index (χ4n) is 3.25. The third kappa shape index (κ3) is 5.06. The number of nitrogens with zero attached hydrogens (tertiary/aromatic N) is 1. The number of nitrogens with one attached hydrogen (secondary N) is 2. The molecule has 0 saturated heterocycles. The molecule has 166 valence electrons. The van der Waals surface area contributed by atoms with Crippen LogP contribution in [0.4, 0.5) is 17.1 Å². The van der Waals surface area contributed by atoms with Crippen molar-refractivity contribution in [3.05, 3.63) is 92.0 Å². The first-order valence-corrected chi connectivity index (χ1v) is 11.3. The predicted molar refractivity (Wildman–Crippen MR) is 124 cm³/mol. The van der Waals surface area contributed by atoms with Crippen LogP contribution in [0.3, 0.4) is 0 Å². The van der Waals surface area contributed by atoms with Crippen molar-refractivity contribution in [1.29, 1.82) is 0 Å². The molecule has 0 heterocycles. The third-order valence-corrected chi connectivity index (χ3v) is 6.57. The van der Waals surface area contributed by atoms with Crippen LogP contribution in [0.5, 0.6) is 0 Å². The zero-order valence-electron chi connectivity index (χ0n) is 17.5. The molecule has 0 aromatic heterocycles. The Kier molecular flexibility index (Phi) is 6.52. The first-order valence-electron chi connectivity index (χ1n) is 9.44. The number of rotatable bonds is 6. The van der Waals surface area contributed by atoms with Crippen LogP contribution in [-0.4, -0.2) is 19.2 Å². The molecule has 0 unspecified atom stereocenters. The fraction of sp³-hybridized carbons (Fsp3) is 0.136. The van der Waals surface area contributed by atoms with Gasteiger partial charge in [0.25, 0.3) is 21.6 Å². The monoisotopic (exact) mass is 473 g/mol. The number of benzene rings is 3. The molecule has 1 amide bonds. The second-order valence-electron chi connectivity index (χ2n) is 7.29. The van der Waals surface area contributed by atoms with Crippen LogP contribution in [0.1, 0.15) is 27.0 Å². The maximum atomic E-state index is 12.9. The van der Waals surface area contributed by atoms with E-state index < -0.39 is 20.9 Å². The molecule has 0 saturated carbocycles. The van der Waals surface area contributed by atoms with Gasteiger partial charge in [-0.2, -0.15) is 0 Å². The van der Waals surface area contributed by atoms with Gasteiger partial charge < -0.3 is 5.32 Å². The minimum atomic E-state index is -4.08. The summed E-state index contributed by atoms with van der Waals surface area (Å²) in [5, 5.41) is 13.7. The highest BCUT2D eigenvalue weighted by atomic mass is 35.5. The number of hydrogen-bond acceptors (Lipinski definition) is 5. The van der Waals surface area contributed by atoms with Crippen molar-refractivity contribution in [2.45, 2.75) is 25.7 Å². The highest BCUT2D eigenvalue weighted by molar-refractivity contribution is 7.92. The molecule has 0 fully saturated rings. The van der Waals surface area contributed by atoms with Crippen molar-refractivity contribution in [2.24, 2.45) is 0 Å². The molecule has 3 aromatic rings. The zero-order chi connectivity index (χ0) is 23.6. The van der Waals surface area contributed by atoms with Crippen LogP contribution in [-0.2, 0) is 10.0 Å². The molecule has 10 heteroatoms. The number of nitro benzene ring substituents is 1. The maximum absolute atomic E-state index is 12.9. The topological polar surface area (TPSA) is 118 Å². The SMILES string of the molecule is Cc1cc(C)cc(NS(=O)(=O)c2cc(C(=O)Nc3cccc([N+](=O)[O-])c3C)ccc2Cl)c1. The van der Waals surface area contributed by atoms with Gasteiger partial charge in [-0.25, -0.2) is 8.42 Å². The van der Waals surface area contributed by atoms with Crippen LogP contribution >= 0.6 is 11.6 Å². The normalized spacial score (nSPS) is 11.1. The Labute approximate surface area is 190 Å². The van der Waals surface area contributed by atoms with Crippen LogP contribution in [0.25, 0.3) is 0 Å². The van der Waals surface area contributed by atoms with Crippen LogP contribution < -0.4 is 10.0 Å². The van der Waals surface area contributed by atoms with Crippen LogP contribution in [0, 0.1) is 30.9 Å². The van der Waals surface area contributed by atoms with Gasteiger partial charge in [0.05, 0.1) is 21.2 Å². The molecular weight excluding hydrogens is 454 g/mol. The summed E-state index contributed by atoms with van der Waals surface area (Å²) in [6, 6.07) is 13.4. The van der Waals surface area contributed by atoms with Crippen LogP contribution in [0.15, 0.2) is 59.5 Å². The van der Waals surface area contributed by atoms with Gasteiger partial charge in [0.15, 0.2) is 0 Å². The average molecular weight is 474 g/mol. The number of hydrogen-bond donors (Lipinski definition) is 2. The molecule has 0 aliphatic heterocycles. The highest BCUT2D eigenvalue weighted by Crippen LogP contribution is 2.28. The smallest absolute Gasteiger partial charge is 0.274 e. The number of carbonyl (C=O) groups is 1. The van der Waals surface area contributed by atoms with Crippen molar-refractivity contribution in [2.75, 3.05) is 10.0 Å². The second kappa shape index (κ2) is 8.97. The van der Waals surface area contributed by atoms with Crippen molar-refractivity contribution < 1.29 is 18.1 Å². The molecule has 3 rings (SSSR count). The molecule has 0 atom stereocenters. The molecule has 32 heavy (non-hydrogen) atoms. The number of amides is 1. The second-order valence-corrected chi connectivity index (χ2v) is 9.35. The summed E-state index contributed by atoms with van der Waals surface area (Å²) in [5.74, 6) is -0.631. The fourth-order valence-corrected chi connectivity index (χ4v) is 4.81. The first kappa shape index (κ1) is 23.2. The number of sulfonamides is 1. The number of nitro groups is 1. The van der Waals surface area contributed by atoms with Crippen molar-refractivity contribution in [3.63, 3.8) is 0 Å². The van der Waals surface area contributed by atoms with E-state index in [-0.39, 0.29) is 32.4 Å². The number of halogens is 1. The summed E-state index contributed by atoms with van der Waals surface area (Å²) < 4.78 is 28.4. The molecule has 0 radical (unpaired) electrons. The van der Waals surface area contributed by atoms with Gasteiger partial charge in [-0.3, -0.25) is 19.6 Å². The Morgan fingerprint density at radius 2 is 1.66 bits per heavy atom.